The molecule has 162 valence electrons. The van der Waals surface area contributed by atoms with Crippen molar-refractivity contribution in [3.05, 3.63) is 75.5 Å². The van der Waals surface area contributed by atoms with Gasteiger partial charge in [-0.15, -0.1) is 0 Å². The predicted molar refractivity (Wildman–Crippen MR) is 133 cm³/mol. The van der Waals surface area contributed by atoms with Crippen molar-refractivity contribution in [1.29, 1.82) is 0 Å². The minimum Gasteiger partial charge on any atom is -0.346 e. The highest BCUT2D eigenvalue weighted by Gasteiger charge is 2.22. The van der Waals surface area contributed by atoms with Crippen molar-refractivity contribution in [2.75, 3.05) is 31.5 Å². The van der Waals surface area contributed by atoms with Crippen LogP contribution in [0.25, 0.3) is 5.69 Å². The van der Waals surface area contributed by atoms with E-state index in [1.807, 2.05) is 28.9 Å². The summed E-state index contributed by atoms with van der Waals surface area (Å²) in [6.45, 7) is 8.73. The number of thiocarbonyl (C=S) groups is 1. The lowest BCUT2D eigenvalue weighted by Crippen LogP contribution is -2.49. The maximum absolute atomic E-state index is 6.26. The van der Waals surface area contributed by atoms with E-state index in [9.17, 15) is 0 Å². The number of para-hydroxylation sites is 1. The van der Waals surface area contributed by atoms with Gasteiger partial charge in [0.25, 0.3) is 0 Å². The van der Waals surface area contributed by atoms with E-state index >= 15 is 0 Å². The zero-order valence-electron chi connectivity index (χ0n) is 17.6. The Morgan fingerprint density at radius 2 is 1.74 bits per heavy atom. The second-order valence-corrected chi connectivity index (χ2v) is 8.94. The Bertz CT molecular complexity index is 1080. The van der Waals surface area contributed by atoms with Crippen molar-refractivity contribution in [3.63, 3.8) is 0 Å². The van der Waals surface area contributed by atoms with E-state index < -0.39 is 0 Å². The van der Waals surface area contributed by atoms with E-state index in [4.69, 9.17) is 40.5 Å². The molecule has 0 spiro atoms. The lowest BCUT2D eigenvalue weighted by atomic mass is 10.1. The third kappa shape index (κ3) is 5.04. The molecule has 5 nitrogen and oxygen atoms in total. The zero-order chi connectivity index (χ0) is 22.0. The van der Waals surface area contributed by atoms with Gasteiger partial charge in [0, 0.05) is 49.0 Å². The third-order valence-electron chi connectivity index (χ3n) is 5.66. The molecule has 0 bridgehead atoms. The standard InChI is InChI=1S/C23H25Cl2N5S/c1-16-20(17(2)30(27-16)19-6-4-3-5-7-19)15-28-10-12-29(13-11-28)23(31)26-22-9-8-18(24)14-21(22)25/h3-9,14H,10-13,15H2,1-2H3,(H,26,31). The molecule has 1 aliphatic heterocycles. The van der Waals surface area contributed by atoms with Gasteiger partial charge in [0.05, 0.1) is 22.1 Å². The van der Waals surface area contributed by atoms with Gasteiger partial charge in [0.15, 0.2) is 5.11 Å². The summed E-state index contributed by atoms with van der Waals surface area (Å²) < 4.78 is 2.04. The Kier molecular flexibility index (Phi) is 6.82. The topological polar surface area (TPSA) is 36.3 Å². The predicted octanol–water partition coefficient (Wildman–Crippen LogP) is 5.31. The van der Waals surface area contributed by atoms with Gasteiger partial charge in [-0.2, -0.15) is 5.10 Å². The summed E-state index contributed by atoms with van der Waals surface area (Å²) >= 11 is 17.8. The van der Waals surface area contributed by atoms with Crippen LogP contribution in [0.3, 0.4) is 0 Å². The maximum atomic E-state index is 6.26. The lowest BCUT2D eigenvalue weighted by Gasteiger charge is -2.36. The number of hydrogen-bond donors (Lipinski definition) is 1. The summed E-state index contributed by atoms with van der Waals surface area (Å²) in [6, 6.07) is 15.6. The maximum Gasteiger partial charge on any atom is 0.173 e. The lowest BCUT2D eigenvalue weighted by molar-refractivity contribution is 0.176. The molecule has 0 unspecified atom stereocenters. The van der Waals surface area contributed by atoms with Crippen LogP contribution in [0.5, 0.6) is 0 Å². The fourth-order valence-corrected chi connectivity index (χ4v) is 4.59. The summed E-state index contributed by atoms with van der Waals surface area (Å²) in [7, 11) is 0. The number of benzene rings is 2. The molecule has 0 aliphatic carbocycles. The van der Waals surface area contributed by atoms with Crippen LogP contribution in [-0.4, -0.2) is 50.9 Å². The number of piperazine rings is 1. The fraction of sp³-hybridized carbons (Fsp3) is 0.304. The molecule has 1 N–H and O–H groups in total. The van der Waals surface area contributed by atoms with Crippen LogP contribution >= 0.6 is 35.4 Å². The van der Waals surface area contributed by atoms with E-state index in [1.54, 1.807) is 12.1 Å². The summed E-state index contributed by atoms with van der Waals surface area (Å²) in [5.41, 5.74) is 5.44. The largest absolute Gasteiger partial charge is 0.346 e. The molecule has 0 amide bonds. The first-order valence-corrected chi connectivity index (χ1v) is 11.4. The van der Waals surface area contributed by atoms with Crippen molar-refractivity contribution < 1.29 is 0 Å². The molecule has 3 aromatic rings. The number of halogens is 2. The average Bonchev–Trinajstić information content (AvgIpc) is 3.05. The molecule has 31 heavy (non-hydrogen) atoms. The monoisotopic (exact) mass is 473 g/mol. The molecule has 0 radical (unpaired) electrons. The number of aromatic nitrogens is 2. The van der Waals surface area contributed by atoms with Gasteiger partial charge in [0.2, 0.25) is 0 Å². The molecule has 2 aromatic carbocycles. The number of hydrogen-bond acceptors (Lipinski definition) is 3. The number of aryl methyl sites for hydroxylation is 1. The van der Waals surface area contributed by atoms with Crippen molar-refractivity contribution in [2.45, 2.75) is 20.4 Å². The van der Waals surface area contributed by atoms with E-state index in [1.165, 1.54) is 11.3 Å². The highest BCUT2D eigenvalue weighted by Crippen LogP contribution is 2.26. The van der Waals surface area contributed by atoms with E-state index in [2.05, 4.69) is 41.1 Å². The highest BCUT2D eigenvalue weighted by atomic mass is 35.5. The normalized spacial score (nSPS) is 14.6. The van der Waals surface area contributed by atoms with Gasteiger partial charge in [-0.25, -0.2) is 4.68 Å². The second-order valence-electron chi connectivity index (χ2n) is 7.71. The van der Waals surface area contributed by atoms with Crippen LogP contribution in [0, 0.1) is 13.8 Å². The molecule has 8 heteroatoms. The van der Waals surface area contributed by atoms with Crippen molar-refractivity contribution in [1.82, 2.24) is 19.6 Å². The Hall–Kier alpha value is -2.12. The average molecular weight is 474 g/mol. The molecular weight excluding hydrogens is 449 g/mol. The highest BCUT2D eigenvalue weighted by molar-refractivity contribution is 7.80. The Morgan fingerprint density at radius 3 is 2.42 bits per heavy atom. The van der Waals surface area contributed by atoms with E-state index in [0.29, 0.717) is 15.2 Å². The van der Waals surface area contributed by atoms with E-state index in [0.717, 1.165) is 49.8 Å². The number of nitrogens with zero attached hydrogens (tertiary/aromatic N) is 4. The van der Waals surface area contributed by atoms with Gasteiger partial charge in [-0.05, 0) is 56.4 Å². The fourth-order valence-electron chi connectivity index (χ4n) is 3.84. The van der Waals surface area contributed by atoms with Crippen LogP contribution in [0.15, 0.2) is 48.5 Å². The molecule has 1 aliphatic rings. The van der Waals surface area contributed by atoms with Gasteiger partial charge < -0.3 is 10.2 Å². The number of anilines is 1. The molecule has 1 saturated heterocycles. The number of rotatable bonds is 4. The van der Waals surface area contributed by atoms with E-state index in [-0.39, 0.29) is 0 Å². The van der Waals surface area contributed by atoms with Crippen LogP contribution in [0.4, 0.5) is 5.69 Å². The van der Waals surface area contributed by atoms with Crippen molar-refractivity contribution >= 4 is 46.2 Å². The van der Waals surface area contributed by atoms with Crippen molar-refractivity contribution in [3.8, 4) is 5.69 Å². The summed E-state index contributed by atoms with van der Waals surface area (Å²) in [5.74, 6) is 0. The smallest absolute Gasteiger partial charge is 0.173 e. The first-order chi connectivity index (χ1) is 14.9. The first-order valence-electron chi connectivity index (χ1n) is 10.3. The SMILES string of the molecule is Cc1nn(-c2ccccc2)c(C)c1CN1CCN(C(=S)Nc2ccc(Cl)cc2Cl)CC1. The Balaban J connectivity index is 1.36. The molecular formula is C23H25Cl2N5S. The van der Waals surface area contributed by atoms with Gasteiger partial charge in [-0.3, -0.25) is 4.90 Å². The van der Waals surface area contributed by atoms with Crippen LogP contribution < -0.4 is 5.32 Å². The van der Waals surface area contributed by atoms with Crippen molar-refractivity contribution in [2.24, 2.45) is 0 Å². The zero-order valence-corrected chi connectivity index (χ0v) is 19.9. The minimum absolute atomic E-state index is 0.565. The minimum atomic E-state index is 0.565. The third-order valence-corrected chi connectivity index (χ3v) is 6.56. The second kappa shape index (κ2) is 9.57. The summed E-state index contributed by atoms with van der Waals surface area (Å²) in [6.07, 6.45) is 0. The van der Waals surface area contributed by atoms with Crippen LogP contribution in [-0.2, 0) is 6.54 Å². The molecule has 1 aromatic heterocycles. The van der Waals surface area contributed by atoms with Crippen LogP contribution in [0.1, 0.15) is 17.0 Å². The molecule has 2 heterocycles. The Labute approximate surface area is 198 Å². The Morgan fingerprint density at radius 1 is 1.03 bits per heavy atom. The van der Waals surface area contributed by atoms with Gasteiger partial charge >= 0.3 is 0 Å². The summed E-state index contributed by atoms with van der Waals surface area (Å²) in [5, 5.41) is 9.88. The van der Waals surface area contributed by atoms with Gasteiger partial charge in [0.1, 0.15) is 0 Å². The van der Waals surface area contributed by atoms with Crippen LogP contribution in [0.2, 0.25) is 10.0 Å². The molecule has 0 atom stereocenters. The van der Waals surface area contributed by atoms with Gasteiger partial charge in [-0.1, -0.05) is 41.4 Å². The first kappa shape index (κ1) is 22.1. The quantitative estimate of drug-likeness (QED) is 0.519. The summed E-state index contributed by atoms with van der Waals surface area (Å²) in [4.78, 5) is 4.64. The molecule has 1 fully saturated rings. The molecule has 4 rings (SSSR count). The molecule has 0 saturated carbocycles. The number of nitrogens with one attached hydrogen (secondary N) is 1.